The molecule has 5 heteroatoms. The highest BCUT2D eigenvalue weighted by atomic mass is 32.1. The largest absolute Gasteiger partial charge is 0.422 e. The highest BCUT2D eigenvalue weighted by molar-refractivity contribution is 7.21. The molecule has 3 aromatic rings. The lowest BCUT2D eigenvalue weighted by molar-refractivity contribution is 0.0741. The van der Waals surface area contributed by atoms with Crippen LogP contribution in [-0.2, 0) is 6.42 Å². The van der Waals surface area contributed by atoms with Gasteiger partial charge in [-0.15, -0.1) is 11.3 Å². The van der Waals surface area contributed by atoms with Crippen LogP contribution in [0.4, 0.5) is 5.69 Å². The molecule has 0 bridgehead atoms. The number of nitrogen functional groups attached to an aromatic ring is 1. The van der Waals surface area contributed by atoms with E-state index in [0.29, 0.717) is 16.3 Å². The van der Waals surface area contributed by atoms with E-state index in [9.17, 15) is 4.79 Å². The van der Waals surface area contributed by atoms with Crippen molar-refractivity contribution >= 4 is 33.2 Å². The Morgan fingerprint density at radius 1 is 1.24 bits per heavy atom. The molecule has 0 saturated heterocycles. The first-order chi connectivity index (χ1) is 12.0. The summed E-state index contributed by atoms with van der Waals surface area (Å²) >= 11 is 1.28. The van der Waals surface area contributed by atoms with Crippen LogP contribution >= 0.6 is 11.3 Å². The number of carbonyl (C=O) groups excluding carboxylic acids is 1. The summed E-state index contributed by atoms with van der Waals surface area (Å²) in [5.74, 6) is 0.0989. The monoisotopic (exact) mass is 354 g/mol. The lowest BCUT2D eigenvalue weighted by Crippen LogP contribution is -2.08. The summed E-state index contributed by atoms with van der Waals surface area (Å²) in [5, 5.41) is 0.845. The van der Waals surface area contributed by atoms with Crippen molar-refractivity contribution in [2.24, 2.45) is 0 Å². The van der Waals surface area contributed by atoms with Gasteiger partial charge in [0.1, 0.15) is 15.5 Å². The van der Waals surface area contributed by atoms with Gasteiger partial charge in [0, 0.05) is 11.1 Å². The van der Waals surface area contributed by atoms with Crippen molar-refractivity contribution in [1.29, 1.82) is 0 Å². The third-order valence-corrected chi connectivity index (χ3v) is 5.24. The Balaban J connectivity index is 1.83. The fourth-order valence-electron chi connectivity index (χ4n) is 2.88. The summed E-state index contributed by atoms with van der Waals surface area (Å²) in [5.41, 5.74) is 9.83. The van der Waals surface area contributed by atoms with Crippen LogP contribution in [0.2, 0.25) is 0 Å². The molecule has 2 N–H and O–H groups in total. The van der Waals surface area contributed by atoms with E-state index >= 15 is 0 Å². The van der Waals surface area contributed by atoms with E-state index in [1.165, 1.54) is 16.9 Å². The topological polar surface area (TPSA) is 65.2 Å². The van der Waals surface area contributed by atoms with E-state index < -0.39 is 5.97 Å². The Bertz CT molecular complexity index is 914. The molecule has 0 radical (unpaired) electrons. The summed E-state index contributed by atoms with van der Waals surface area (Å²) in [4.78, 5) is 18.2. The van der Waals surface area contributed by atoms with E-state index in [2.05, 4.69) is 11.9 Å². The van der Waals surface area contributed by atoms with E-state index in [1.54, 1.807) is 0 Å². The highest BCUT2D eigenvalue weighted by Gasteiger charge is 2.20. The zero-order valence-corrected chi connectivity index (χ0v) is 15.6. The minimum atomic E-state index is -0.432. The fraction of sp³-hybridized carbons (Fsp3) is 0.300. The van der Waals surface area contributed by atoms with Crippen molar-refractivity contribution in [3.05, 3.63) is 52.0 Å². The van der Waals surface area contributed by atoms with Gasteiger partial charge < -0.3 is 10.5 Å². The molecule has 25 heavy (non-hydrogen) atoms. The Hall–Kier alpha value is -2.40. The normalized spacial score (nSPS) is 11.0. The fourth-order valence-corrected chi connectivity index (χ4v) is 3.97. The molecule has 0 spiro atoms. The predicted octanol–water partition coefficient (Wildman–Crippen LogP) is 5.06. The number of aryl methyl sites for hydroxylation is 3. The Labute approximate surface area is 151 Å². The minimum Gasteiger partial charge on any atom is -0.422 e. The van der Waals surface area contributed by atoms with E-state index in [-0.39, 0.29) is 0 Å². The van der Waals surface area contributed by atoms with Crippen molar-refractivity contribution in [3.63, 3.8) is 0 Å². The summed E-state index contributed by atoms with van der Waals surface area (Å²) < 4.78 is 5.50. The average molecular weight is 354 g/mol. The second-order valence-corrected chi connectivity index (χ2v) is 7.24. The maximum atomic E-state index is 12.5. The first-order valence-electron chi connectivity index (χ1n) is 8.47. The van der Waals surface area contributed by atoms with Gasteiger partial charge in [-0.2, -0.15) is 0 Å². The average Bonchev–Trinajstić information content (AvgIpc) is 2.91. The maximum Gasteiger partial charge on any atom is 0.355 e. The molecule has 0 aliphatic rings. The van der Waals surface area contributed by atoms with Crippen molar-refractivity contribution in [3.8, 4) is 5.75 Å². The number of nitrogens with zero attached hydrogens (tertiary/aromatic N) is 1. The van der Waals surface area contributed by atoms with Gasteiger partial charge in [-0.05, 0) is 56.0 Å². The number of fused-ring (bicyclic) bond motifs is 1. The minimum absolute atomic E-state index is 0.409. The van der Waals surface area contributed by atoms with Crippen LogP contribution in [0.1, 0.15) is 46.3 Å². The number of hydrogen-bond acceptors (Lipinski definition) is 5. The van der Waals surface area contributed by atoms with Crippen LogP contribution in [0.25, 0.3) is 10.2 Å². The number of hydrogen-bond donors (Lipinski definition) is 1. The molecule has 0 saturated carbocycles. The van der Waals surface area contributed by atoms with Crippen molar-refractivity contribution < 1.29 is 9.53 Å². The van der Waals surface area contributed by atoms with E-state index in [1.807, 2.05) is 44.2 Å². The Morgan fingerprint density at radius 3 is 2.64 bits per heavy atom. The number of benzene rings is 1. The molecule has 0 atom stereocenters. The molecular weight excluding hydrogens is 332 g/mol. The van der Waals surface area contributed by atoms with Crippen LogP contribution in [-0.4, -0.2) is 11.0 Å². The summed E-state index contributed by atoms with van der Waals surface area (Å²) in [6, 6.07) is 9.64. The van der Waals surface area contributed by atoms with Crippen LogP contribution in [0, 0.1) is 13.8 Å². The standard InChI is InChI=1S/C20H22N2O2S/c1-4-5-6-14-7-9-15(10-8-14)24-20(23)18-17(21)16-12(2)11-13(3)22-19(16)25-18/h7-11H,4-6,21H2,1-3H3. The van der Waals surface area contributed by atoms with Crippen LogP contribution < -0.4 is 10.5 Å². The van der Waals surface area contributed by atoms with Crippen LogP contribution in [0.3, 0.4) is 0 Å². The number of pyridine rings is 1. The van der Waals surface area contributed by atoms with Crippen LogP contribution in [0.15, 0.2) is 30.3 Å². The molecule has 0 aliphatic heterocycles. The number of thiophene rings is 1. The second kappa shape index (κ2) is 7.23. The molecule has 0 unspecified atom stereocenters. The van der Waals surface area contributed by atoms with Gasteiger partial charge in [-0.1, -0.05) is 25.5 Å². The number of anilines is 1. The van der Waals surface area contributed by atoms with Gasteiger partial charge >= 0.3 is 5.97 Å². The number of unbranched alkanes of at least 4 members (excludes halogenated alkanes) is 1. The number of rotatable bonds is 5. The first kappa shape index (κ1) is 17.4. The molecular formula is C20H22N2O2S. The molecule has 4 nitrogen and oxygen atoms in total. The Morgan fingerprint density at radius 2 is 1.96 bits per heavy atom. The molecule has 2 heterocycles. The van der Waals surface area contributed by atoms with Crippen molar-refractivity contribution in [2.45, 2.75) is 40.0 Å². The van der Waals surface area contributed by atoms with Gasteiger partial charge in [0.25, 0.3) is 0 Å². The number of carbonyl (C=O) groups is 1. The lowest BCUT2D eigenvalue weighted by atomic mass is 10.1. The van der Waals surface area contributed by atoms with Gasteiger partial charge in [-0.25, -0.2) is 9.78 Å². The van der Waals surface area contributed by atoms with Crippen LogP contribution in [0.5, 0.6) is 5.75 Å². The van der Waals surface area contributed by atoms with E-state index in [4.69, 9.17) is 10.5 Å². The lowest BCUT2D eigenvalue weighted by Gasteiger charge is -2.05. The quantitative estimate of drug-likeness (QED) is 0.514. The highest BCUT2D eigenvalue weighted by Crippen LogP contribution is 2.35. The number of esters is 1. The molecule has 0 aliphatic carbocycles. The summed E-state index contributed by atoms with van der Waals surface area (Å²) in [7, 11) is 0. The third-order valence-electron chi connectivity index (χ3n) is 4.16. The van der Waals surface area contributed by atoms with Gasteiger partial charge in [0.2, 0.25) is 0 Å². The summed E-state index contributed by atoms with van der Waals surface area (Å²) in [6.45, 7) is 6.08. The van der Waals surface area contributed by atoms with Crippen molar-refractivity contribution in [1.82, 2.24) is 4.98 Å². The predicted molar refractivity (Wildman–Crippen MR) is 104 cm³/mol. The van der Waals surface area contributed by atoms with Gasteiger partial charge in [0.15, 0.2) is 0 Å². The molecule has 0 amide bonds. The molecule has 1 aromatic carbocycles. The Kier molecular flexibility index (Phi) is 5.04. The van der Waals surface area contributed by atoms with Gasteiger partial charge in [-0.3, -0.25) is 0 Å². The summed E-state index contributed by atoms with van der Waals surface area (Å²) in [6.07, 6.45) is 3.36. The molecule has 0 fully saturated rings. The van der Waals surface area contributed by atoms with Gasteiger partial charge in [0.05, 0.1) is 5.69 Å². The smallest absolute Gasteiger partial charge is 0.355 e. The maximum absolute atomic E-state index is 12.5. The zero-order valence-electron chi connectivity index (χ0n) is 14.8. The number of nitrogens with two attached hydrogens (primary N) is 1. The first-order valence-corrected chi connectivity index (χ1v) is 9.28. The molecule has 130 valence electrons. The van der Waals surface area contributed by atoms with Crippen molar-refractivity contribution in [2.75, 3.05) is 5.73 Å². The zero-order chi connectivity index (χ0) is 18.0. The number of ether oxygens (including phenoxy) is 1. The molecule has 3 rings (SSSR count). The SMILES string of the molecule is CCCCc1ccc(OC(=O)c2sc3nc(C)cc(C)c3c2N)cc1. The number of aromatic nitrogens is 1. The van der Waals surface area contributed by atoms with E-state index in [0.717, 1.165) is 40.7 Å². The second-order valence-electron chi connectivity index (χ2n) is 6.24. The third kappa shape index (κ3) is 3.66. The molecule has 2 aromatic heterocycles.